The molecule has 0 fully saturated rings. The van der Waals surface area contributed by atoms with Gasteiger partial charge in [-0.25, -0.2) is 13.1 Å². The van der Waals surface area contributed by atoms with Crippen LogP contribution in [-0.4, -0.2) is 29.0 Å². The number of nitrogens with one attached hydrogen (secondary N) is 1. The van der Waals surface area contributed by atoms with Gasteiger partial charge in [-0.15, -0.1) is 0 Å². The minimum atomic E-state index is -3.76. The van der Waals surface area contributed by atoms with E-state index in [0.29, 0.717) is 11.3 Å². The van der Waals surface area contributed by atoms with Gasteiger partial charge in [0.2, 0.25) is 10.0 Å². The van der Waals surface area contributed by atoms with E-state index < -0.39 is 10.0 Å². The Morgan fingerprint density at radius 3 is 2.73 bits per heavy atom. The molecule has 3 aromatic rings. The molecule has 0 aliphatic carbocycles. The number of ketones is 1. The number of hydrogen-bond acceptors (Lipinski definition) is 5. The van der Waals surface area contributed by atoms with Gasteiger partial charge in [0, 0.05) is 37.1 Å². The number of aromatic nitrogens is 3. The highest BCUT2D eigenvalue weighted by Gasteiger charge is 2.17. The number of sulfonamides is 1. The van der Waals surface area contributed by atoms with Gasteiger partial charge in [0.15, 0.2) is 5.78 Å². The lowest BCUT2D eigenvalue weighted by molar-refractivity contribution is 0.101. The van der Waals surface area contributed by atoms with Crippen molar-refractivity contribution in [3.8, 4) is 11.3 Å². The van der Waals surface area contributed by atoms with Crippen molar-refractivity contribution < 1.29 is 13.2 Å². The van der Waals surface area contributed by atoms with Crippen LogP contribution in [0.1, 0.15) is 22.8 Å². The number of carbonyl (C=O) groups is 1. The maximum Gasteiger partial charge on any atom is 0.240 e. The SMILES string of the molecule is CC(=O)c1cccc(S(=O)(=O)NCc2cccnc2-c2cnn(C)c2)c1. The summed E-state index contributed by atoms with van der Waals surface area (Å²) in [5, 5.41) is 4.12. The highest BCUT2D eigenvalue weighted by Crippen LogP contribution is 2.21. The molecule has 0 radical (unpaired) electrons. The predicted molar refractivity (Wildman–Crippen MR) is 96.9 cm³/mol. The second kappa shape index (κ2) is 7.19. The zero-order valence-electron chi connectivity index (χ0n) is 14.4. The average molecular weight is 370 g/mol. The topological polar surface area (TPSA) is 93.9 Å². The molecule has 0 saturated heterocycles. The number of carbonyl (C=O) groups excluding carboxylic acids is 1. The third-order valence-electron chi connectivity index (χ3n) is 3.87. The van der Waals surface area contributed by atoms with E-state index >= 15 is 0 Å². The third-order valence-corrected chi connectivity index (χ3v) is 5.27. The molecule has 8 heteroatoms. The molecule has 0 amide bonds. The van der Waals surface area contributed by atoms with Crippen molar-refractivity contribution in [3.05, 3.63) is 66.1 Å². The summed E-state index contributed by atoms with van der Waals surface area (Å²) < 4.78 is 29.4. The molecule has 0 aliphatic rings. The van der Waals surface area contributed by atoms with E-state index in [0.717, 1.165) is 11.1 Å². The van der Waals surface area contributed by atoms with Crippen molar-refractivity contribution in [2.45, 2.75) is 18.4 Å². The van der Waals surface area contributed by atoms with E-state index in [9.17, 15) is 13.2 Å². The van der Waals surface area contributed by atoms with Crippen molar-refractivity contribution in [3.63, 3.8) is 0 Å². The molecule has 1 aromatic carbocycles. The fraction of sp³-hybridized carbons (Fsp3) is 0.167. The molecule has 0 aliphatic heterocycles. The molecule has 134 valence electrons. The summed E-state index contributed by atoms with van der Waals surface area (Å²) in [5.74, 6) is -0.187. The van der Waals surface area contributed by atoms with Gasteiger partial charge in [0.25, 0.3) is 0 Å². The van der Waals surface area contributed by atoms with Crippen LogP contribution in [0.5, 0.6) is 0 Å². The van der Waals surface area contributed by atoms with Gasteiger partial charge in [-0.05, 0) is 30.7 Å². The molecule has 26 heavy (non-hydrogen) atoms. The van der Waals surface area contributed by atoms with Crippen LogP contribution in [0.15, 0.2) is 59.9 Å². The van der Waals surface area contributed by atoms with Crippen molar-refractivity contribution in [1.29, 1.82) is 0 Å². The average Bonchev–Trinajstić information content (AvgIpc) is 3.06. The van der Waals surface area contributed by atoms with Gasteiger partial charge in [-0.3, -0.25) is 14.5 Å². The van der Waals surface area contributed by atoms with Crippen LogP contribution < -0.4 is 4.72 Å². The van der Waals surface area contributed by atoms with Gasteiger partial charge < -0.3 is 0 Å². The summed E-state index contributed by atoms with van der Waals surface area (Å²) in [7, 11) is -1.96. The highest BCUT2D eigenvalue weighted by atomic mass is 32.2. The first-order valence-corrected chi connectivity index (χ1v) is 9.39. The summed E-state index contributed by atoms with van der Waals surface area (Å²) in [5.41, 5.74) is 2.55. The van der Waals surface area contributed by atoms with Crippen LogP contribution in [0.25, 0.3) is 11.3 Å². The van der Waals surface area contributed by atoms with E-state index in [4.69, 9.17) is 0 Å². The zero-order valence-corrected chi connectivity index (χ0v) is 15.2. The van der Waals surface area contributed by atoms with Crippen LogP contribution in [-0.2, 0) is 23.6 Å². The maximum atomic E-state index is 12.6. The maximum absolute atomic E-state index is 12.6. The molecular weight excluding hydrogens is 352 g/mol. The van der Waals surface area contributed by atoms with Gasteiger partial charge in [0.05, 0.1) is 16.8 Å². The van der Waals surface area contributed by atoms with Crippen molar-refractivity contribution in [2.24, 2.45) is 7.05 Å². The number of hydrogen-bond donors (Lipinski definition) is 1. The zero-order chi connectivity index (χ0) is 18.7. The Morgan fingerprint density at radius 2 is 2.04 bits per heavy atom. The Bertz CT molecular complexity index is 1060. The van der Waals surface area contributed by atoms with E-state index in [1.807, 2.05) is 12.3 Å². The summed E-state index contributed by atoms with van der Waals surface area (Å²) in [6.45, 7) is 1.47. The summed E-state index contributed by atoms with van der Waals surface area (Å²) in [6, 6.07) is 9.53. The van der Waals surface area contributed by atoms with Crippen molar-refractivity contribution in [1.82, 2.24) is 19.5 Å². The number of rotatable bonds is 6. The Morgan fingerprint density at radius 1 is 1.23 bits per heavy atom. The first-order valence-electron chi connectivity index (χ1n) is 7.90. The number of pyridine rings is 1. The molecule has 0 atom stereocenters. The second-order valence-corrected chi connectivity index (χ2v) is 7.59. The predicted octanol–water partition coefficient (Wildman–Crippen LogP) is 2.16. The molecule has 2 heterocycles. The molecular formula is C18H18N4O3S. The van der Waals surface area contributed by atoms with Crippen molar-refractivity contribution >= 4 is 15.8 Å². The van der Waals surface area contributed by atoms with Crippen LogP contribution in [0.4, 0.5) is 0 Å². The Kier molecular flexibility index (Phi) is 4.97. The number of benzene rings is 1. The molecule has 0 saturated carbocycles. The molecule has 0 spiro atoms. The highest BCUT2D eigenvalue weighted by molar-refractivity contribution is 7.89. The molecule has 2 aromatic heterocycles. The van der Waals surface area contributed by atoms with Crippen LogP contribution in [0.2, 0.25) is 0 Å². The summed E-state index contributed by atoms with van der Waals surface area (Å²) in [6.07, 6.45) is 5.14. The second-order valence-electron chi connectivity index (χ2n) is 5.82. The molecule has 0 bridgehead atoms. The number of Topliss-reactive ketones (excluding diaryl/α,β-unsaturated/α-hetero) is 1. The molecule has 3 rings (SSSR count). The quantitative estimate of drug-likeness (QED) is 0.671. The van der Waals surface area contributed by atoms with Crippen LogP contribution in [0, 0.1) is 0 Å². The van der Waals surface area contributed by atoms with E-state index in [-0.39, 0.29) is 17.2 Å². The first-order chi connectivity index (χ1) is 12.4. The van der Waals surface area contributed by atoms with Crippen molar-refractivity contribution in [2.75, 3.05) is 0 Å². The van der Waals surface area contributed by atoms with Crippen LogP contribution >= 0.6 is 0 Å². The minimum absolute atomic E-state index is 0.0528. The fourth-order valence-electron chi connectivity index (χ4n) is 2.52. The van der Waals surface area contributed by atoms with Gasteiger partial charge in [-0.2, -0.15) is 5.10 Å². The molecule has 1 N–H and O–H groups in total. The van der Waals surface area contributed by atoms with Gasteiger partial charge in [0.1, 0.15) is 0 Å². The number of aryl methyl sites for hydroxylation is 1. The lowest BCUT2D eigenvalue weighted by atomic mass is 10.1. The first kappa shape index (κ1) is 18.0. The Labute approximate surface area is 151 Å². The number of nitrogens with zero attached hydrogens (tertiary/aromatic N) is 3. The lowest BCUT2D eigenvalue weighted by Crippen LogP contribution is -2.24. The minimum Gasteiger partial charge on any atom is -0.295 e. The van der Waals surface area contributed by atoms with Crippen LogP contribution in [0.3, 0.4) is 0 Å². The fourth-order valence-corrected chi connectivity index (χ4v) is 3.58. The largest absolute Gasteiger partial charge is 0.295 e. The monoisotopic (exact) mass is 370 g/mol. The smallest absolute Gasteiger partial charge is 0.240 e. The molecule has 7 nitrogen and oxygen atoms in total. The standard InChI is InChI=1S/C18H18N4O3S/c1-13(23)14-5-3-7-17(9-14)26(24,25)21-11-15-6-4-8-19-18(15)16-10-20-22(2)12-16/h3-10,12,21H,11H2,1-2H3. The van der Waals surface area contributed by atoms with E-state index in [1.54, 1.807) is 42.3 Å². The van der Waals surface area contributed by atoms with Gasteiger partial charge >= 0.3 is 0 Å². The van der Waals surface area contributed by atoms with E-state index in [2.05, 4.69) is 14.8 Å². The Balaban J connectivity index is 1.85. The molecule has 0 unspecified atom stereocenters. The normalized spacial score (nSPS) is 11.5. The lowest BCUT2D eigenvalue weighted by Gasteiger charge is -2.10. The van der Waals surface area contributed by atoms with Gasteiger partial charge in [-0.1, -0.05) is 18.2 Å². The summed E-state index contributed by atoms with van der Waals surface area (Å²) in [4.78, 5) is 15.9. The third kappa shape index (κ3) is 3.87. The Hall–Kier alpha value is -2.84. The summed E-state index contributed by atoms with van der Waals surface area (Å²) >= 11 is 0. The van der Waals surface area contributed by atoms with E-state index in [1.165, 1.54) is 19.1 Å².